The average molecular weight is 241 g/mol. The van der Waals surface area contributed by atoms with Gasteiger partial charge in [-0.3, -0.25) is 0 Å². The summed E-state index contributed by atoms with van der Waals surface area (Å²) in [7, 11) is 0. The Kier molecular flexibility index (Phi) is 3.20. The largest absolute Gasteiger partial charge is 0.468 e. The topological polar surface area (TPSA) is 25.2 Å². The molecule has 1 saturated carbocycles. The van der Waals surface area contributed by atoms with Gasteiger partial charge in [-0.2, -0.15) is 0 Å². The Balaban J connectivity index is 1.60. The molecule has 0 saturated heterocycles. The van der Waals surface area contributed by atoms with Gasteiger partial charge in [0.15, 0.2) is 0 Å². The van der Waals surface area contributed by atoms with Gasteiger partial charge in [-0.05, 0) is 48.9 Å². The lowest BCUT2D eigenvalue weighted by Crippen LogP contribution is -2.17. The van der Waals surface area contributed by atoms with E-state index in [1.165, 1.54) is 24.0 Å². The molecule has 2 nitrogen and oxygen atoms in total. The maximum Gasteiger partial charge on any atom is 0.120 e. The van der Waals surface area contributed by atoms with Crippen LogP contribution in [-0.2, 0) is 6.54 Å². The van der Waals surface area contributed by atoms with E-state index in [4.69, 9.17) is 4.42 Å². The van der Waals surface area contributed by atoms with Crippen molar-refractivity contribution in [3.63, 3.8) is 0 Å². The third-order valence-electron chi connectivity index (χ3n) is 3.58. The quantitative estimate of drug-likeness (QED) is 0.855. The maximum atomic E-state index is 5.39. The molecule has 1 heterocycles. The van der Waals surface area contributed by atoms with E-state index in [2.05, 4.69) is 36.5 Å². The van der Waals surface area contributed by atoms with Crippen LogP contribution in [0.5, 0.6) is 0 Å². The molecule has 1 aromatic heterocycles. The van der Waals surface area contributed by atoms with Gasteiger partial charge >= 0.3 is 0 Å². The Hall–Kier alpha value is -1.54. The summed E-state index contributed by atoms with van der Waals surface area (Å²) in [6.45, 7) is 3.02. The number of nitrogens with one attached hydrogen (secondary N) is 1. The number of benzene rings is 1. The molecular formula is C16H19NO. The molecule has 2 aromatic rings. The third kappa shape index (κ3) is 2.65. The van der Waals surface area contributed by atoms with Crippen molar-refractivity contribution in [3.05, 3.63) is 59.5 Å². The minimum Gasteiger partial charge on any atom is -0.468 e. The molecule has 18 heavy (non-hydrogen) atoms. The second-order valence-electron chi connectivity index (χ2n) is 5.14. The van der Waals surface area contributed by atoms with E-state index in [-0.39, 0.29) is 6.04 Å². The van der Waals surface area contributed by atoms with Crippen molar-refractivity contribution < 1.29 is 4.42 Å². The summed E-state index contributed by atoms with van der Waals surface area (Å²) in [5.74, 6) is 1.82. The van der Waals surface area contributed by atoms with Crippen molar-refractivity contribution in [1.29, 1.82) is 0 Å². The van der Waals surface area contributed by atoms with Gasteiger partial charge in [-0.15, -0.1) is 0 Å². The van der Waals surface area contributed by atoms with Crippen molar-refractivity contribution in [1.82, 2.24) is 5.32 Å². The van der Waals surface area contributed by atoms with E-state index < -0.39 is 0 Å². The van der Waals surface area contributed by atoms with Gasteiger partial charge in [0, 0.05) is 6.54 Å². The highest BCUT2D eigenvalue weighted by atomic mass is 16.3. The summed E-state index contributed by atoms with van der Waals surface area (Å²) >= 11 is 0. The van der Waals surface area contributed by atoms with Gasteiger partial charge in [-0.1, -0.05) is 24.3 Å². The molecule has 94 valence electrons. The summed E-state index contributed by atoms with van der Waals surface area (Å²) in [6.07, 6.45) is 4.45. The molecule has 1 aliphatic rings. The molecule has 2 heteroatoms. The predicted molar refractivity (Wildman–Crippen MR) is 72.4 cm³/mol. The van der Waals surface area contributed by atoms with Crippen LogP contribution in [0.4, 0.5) is 0 Å². The molecule has 1 N–H and O–H groups in total. The van der Waals surface area contributed by atoms with Gasteiger partial charge in [-0.25, -0.2) is 0 Å². The number of hydrogen-bond donors (Lipinski definition) is 1. The van der Waals surface area contributed by atoms with Crippen molar-refractivity contribution >= 4 is 0 Å². The summed E-state index contributed by atoms with van der Waals surface area (Å²) in [5, 5.41) is 3.49. The lowest BCUT2D eigenvalue weighted by molar-refractivity contribution is 0.430. The third-order valence-corrected chi connectivity index (χ3v) is 3.58. The fraction of sp³-hybridized carbons (Fsp3) is 0.375. The zero-order chi connectivity index (χ0) is 12.4. The van der Waals surface area contributed by atoms with Crippen LogP contribution in [0.25, 0.3) is 0 Å². The van der Waals surface area contributed by atoms with E-state index in [0.29, 0.717) is 0 Å². The highest BCUT2D eigenvalue weighted by molar-refractivity contribution is 5.29. The van der Waals surface area contributed by atoms with Gasteiger partial charge in [0.25, 0.3) is 0 Å². The molecule has 1 atom stereocenters. The monoisotopic (exact) mass is 241 g/mol. The molecule has 0 aliphatic heterocycles. The summed E-state index contributed by atoms with van der Waals surface area (Å²) < 4.78 is 5.39. The summed E-state index contributed by atoms with van der Waals surface area (Å²) in [6, 6.07) is 13.1. The van der Waals surface area contributed by atoms with Crippen molar-refractivity contribution in [2.45, 2.75) is 38.3 Å². The fourth-order valence-corrected chi connectivity index (χ4v) is 2.28. The van der Waals surface area contributed by atoms with Crippen LogP contribution in [0.3, 0.4) is 0 Å². The molecular weight excluding hydrogens is 222 g/mol. The molecule has 0 bridgehead atoms. The molecule has 1 fully saturated rings. The Morgan fingerprint density at radius 1 is 1.28 bits per heavy atom. The van der Waals surface area contributed by atoms with Gasteiger partial charge < -0.3 is 9.73 Å². The van der Waals surface area contributed by atoms with Crippen molar-refractivity contribution in [3.8, 4) is 0 Å². The van der Waals surface area contributed by atoms with Crippen LogP contribution in [-0.4, -0.2) is 0 Å². The van der Waals surface area contributed by atoms with E-state index >= 15 is 0 Å². The first kappa shape index (κ1) is 11.5. The zero-order valence-electron chi connectivity index (χ0n) is 10.7. The second-order valence-corrected chi connectivity index (χ2v) is 5.14. The van der Waals surface area contributed by atoms with E-state index in [1.54, 1.807) is 6.26 Å². The second kappa shape index (κ2) is 4.99. The SMILES string of the molecule is C[C@H](NCc1cccc(C2CC2)c1)c1ccco1. The molecule has 0 radical (unpaired) electrons. The molecule has 0 unspecified atom stereocenters. The van der Waals surface area contributed by atoms with Gasteiger partial charge in [0.1, 0.15) is 5.76 Å². The first-order valence-corrected chi connectivity index (χ1v) is 6.68. The first-order valence-electron chi connectivity index (χ1n) is 6.68. The minimum absolute atomic E-state index is 0.254. The van der Waals surface area contributed by atoms with Crippen molar-refractivity contribution in [2.75, 3.05) is 0 Å². The fourth-order valence-electron chi connectivity index (χ4n) is 2.28. The Bertz CT molecular complexity index is 500. The first-order chi connectivity index (χ1) is 8.83. The van der Waals surface area contributed by atoms with Crippen LogP contribution < -0.4 is 5.32 Å². The van der Waals surface area contributed by atoms with Crippen LogP contribution in [0.15, 0.2) is 47.1 Å². The molecule has 0 amide bonds. The minimum atomic E-state index is 0.254. The average Bonchev–Trinajstić information content (AvgIpc) is 3.11. The van der Waals surface area contributed by atoms with Crippen LogP contribution in [0.2, 0.25) is 0 Å². The van der Waals surface area contributed by atoms with Crippen LogP contribution in [0.1, 0.15) is 48.6 Å². The number of hydrogen-bond acceptors (Lipinski definition) is 2. The Labute approximate surface area is 108 Å². The highest BCUT2D eigenvalue weighted by Gasteiger charge is 2.23. The molecule has 3 rings (SSSR count). The van der Waals surface area contributed by atoms with Crippen LogP contribution in [0, 0.1) is 0 Å². The van der Waals surface area contributed by atoms with E-state index in [9.17, 15) is 0 Å². The normalized spacial score (nSPS) is 16.7. The standard InChI is InChI=1S/C16H19NO/c1-12(16-6-3-9-18-16)17-11-13-4-2-5-15(10-13)14-7-8-14/h2-6,9-10,12,14,17H,7-8,11H2,1H3/t12-/m0/s1. The molecule has 0 spiro atoms. The van der Waals surface area contributed by atoms with E-state index in [1.807, 2.05) is 12.1 Å². The Morgan fingerprint density at radius 2 is 2.17 bits per heavy atom. The summed E-state index contributed by atoms with van der Waals surface area (Å²) in [4.78, 5) is 0. The summed E-state index contributed by atoms with van der Waals surface area (Å²) in [5.41, 5.74) is 2.86. The molecule has 1 aromatic carbocycles. The highest BCUT2D eigenvalue weighted by Crippen LogP contribution is 2.40. The zero-order valence-corrected chi connectivity index (χ0v) is 10.7. The lowest BCUT2D eigenvalue weighted by Gasteiger charge is -2.12. The van der Waals surface area contributed by atoms with Gasteiger partial charge in [0.05, 0.1) is 12.3 Å². The lowest BCUT2D eigenvalue weighted by atomic mass is 10.1. The van der Waals surface area contributed by atoms with Gasteiger partial charge in [0.2, 0.25) is 0 Å². The Morgan fingerprint density at radius 3 is 2.89 bits per heavy atom. The predicted octanol–water partition coefficient (Wildman–Crippen LogP) is 4.01. The smallest absolute Gasteiger partial charge is 0.120 e. The maximum absolute atomic E-state index is 5.39. The number of furan rings is 1. The van der Waals surface area contributed by atoms with E-state index in [0.717, 1.165) is 18.2 Å². The van der Waals surface area contributed by atoms with Crippen molar-refractivity contribution in [2.24, 2.45) is 0 Å². The molecule has 1 aliphatic carbocycles. The van der Waals surface area contributed by atoms with Crippen LogP contribution >= 0.6 is 0 Å². The number of rotatable bonds is 5.